The van der Waals surface area contributed by atoms with Crippen molar-refractivity contribution in [3.63, 3.8) is 0 Å². The maximum Gasteiger partial charge on any atom is 0.172 e. The maximum absolute atomic E-state index is 9.96. The standard InChI is InChI=1S/C16H25BrN2O2/c1-3-5-18-6-8-19(9-7-18)12-13-10-14(17)16(20)15(11-13)21-4-2/h10-11,20H,3-9,12H2,1-2H3. The SMILES string of the molecule is CCCN1CCN(Cc2cc(Br)c(O)c(OCC)c2)CC1. The van der Waals surface area contributed by atoms with Crippen LogP contribution in [0.5, 0.6) is 11.5 Å². The zero-order valence-corrected chi connectivity index (χ0v) is 14.5. The Morgan fingerprint density at radius 1 is 1.14 bits per heavy atom. The van der Waals surface area contributed by atoms with Crippen LogP contribution in [0.2, 0.25) is 0 Å². The smallest absolute Gasteiger partial charge is 0.172 e. The molecule has 21 heavy (non-hydrogen) atoms. The molecule has 118 valence electrons. The fourth-order valence-corrected chi connectivity index (χ4v) is 3.22. The first-order valence-corrected chi connectivity index (χ1v) is 8.52. The number of rotatable bonds is 6. The highest BCUT2D eigenvalue weighted by Gasteiger charge is 2.17. The van der Waals surface area contributed by atoms with Gasteiger partial charge >= 0.3 is 0 Å². The second-order valence-corrected chi connectivity index (χ2v) is 6.33. The van der Waals surface area contributed by atoms with E-state index in [2.05, 4.69) is 32.7 Å². The molecule has 1 aliphatic heterocycles. The molecule has 1 aliphatic rings. The lowest BCUT2D eigenvalue weighted by atomic mass is 10.1. The largest absolute Gasteiger partial charge is 0.503 e. The van der Waals surface area contributed by atoms with E-state index in [9.17, 15) is 5.11 Å². The molecule has 0 aromatic heterocycles. The summed E-state index contributed by atoms with van der Waals surface area (Å²) >= 11 is 3.41. The van der Waals surface area contributed by atoms with E-state index >= 15 is 0 Å². The second-order valence-electron chi connectivity index (χ2n) is 5.48. The Balaban J connectivity index is 1.97. The Morgan fingerprint density at radius 3 is 2.43 bits per heavy atom. The first-order chi connectivity index (χ1) is 10.1. The topological polar surface area (TPSA) is 35.9 Å². The quantitative estimate of drug-likeness (QED) is 0.849. The molecule has 0 aliphatic carbocycles. The number of nitrogens with zero attached hydrogens (tertiary/aromatic N) is 2. The Labute approximate surface area is 135 Å². The minimum Gasteiger partial charge on any atom is -0.503 e. The summed E-state index contributed by atoms with van der Waals surface area (Å²) in [4.78, 5) is 4.98. The van der Waals surface area contributed by atoms with Crippen LogP contribution in [0.3, 0.4) is 0 Å². The van der Waals surface area contributed by atoms with E-state index in [0.29, 0.717) is 16.8 Å². The molecule has 1 aromatic carbocycles. The third-order valence-corrected chi connectivity index (χ3v) is 4.40. The predicted molar refractivity (Wildman–Crippen MR) is 89.0 cm³/mol. The normalized spacial score (nSPS) is 17.1. The van der Waals surface area contributed by atoms with E-state index in [0.717, 1.165) is 32.7 Å². The monoisotopic (exact) mass is 356 g/mol. The molecular weight excluding hydrogens is 332 g/mol. The summed E-state index contributed by atoms with van der Waals surface area (Å²) in [6.45, 7) is 11.3. The van der Waals surface area contributed by atoms with Crippen LogP contribution < -0.4 is 4.74 Å². The molecule has 0 saturated carbocycles. The van der Waals surface area contributed by atoms with Crippen LogP contribution in [0.15, 0.2) is 16.6 Å². The van der Waals surface area contributed by atoms with Crippen molar-refractivity contribution in [2.24, 2.45) is 0 Å². The minimum absolute atomic E-state index is 0.188. The van der Waals surface area contributed by atoms with Gasteiger partial charge in [-0.1, -0.05) is 6.92 Å². The molecule has 5 heteroatoms. The van der Waals surface area contributed by atoms with Crippen LogP contribution in [-0.2, 0) is 6.54 Å². The van der Waals surface area contributed by atoms with Gasteiger partial charge in [-0.2, -0.15) is 0 Å². The van der Waals surface area contributed by atoms with Gasteiger partial charge in [0.25, 0.3) is 0 Å². The van der Waals surface area contributed by atoms with Crippen molar-refractivity contribution in [2.75, 3.05) is 39.3 Å². The van der Waals surface area contributed by atoms with Gasteiger partial charge in [0.15, 0.2) is 11.5 Å². The first-order valence-electron chi connectivity index (χ1n) is 7.73. The highest BCUT2D eigenvalue weighted by Crippen LogP contribution is 2.35. The maximum atomic E-state index is 9.96. The molecule has 1 N–H and O–H groups in total. The molecule has 0 radical (unpaired) electrons. The van der Waals surface area contributed by atoms with Gasteiger partial charge in [-0.05, 0) is 53.5 Å². The second kappa shape index (κ2) is 8.01. The Morgan fingerprint density at radius 2 is 1.81 bits per heavy atom. The van der Waals surface area contributed by atoms with E-state index < -0.39 is 0 Å². The molecule has 1 saturated heterocycles. The van der Waals surface area contributed by atoms with Gasteiger partial charge in [-0.15, -0.1) is 0 Å². The number of aromatic hydroxyl groups is 1. The van der Waals surface area contributed by atoms with Crippen molar-refractivity contribution in [1.82, 2.24) is 9.80 Å². The van der Waals surface area contributed by atoms with E-state index in [-0.39, 0.29) is 5.75 Å². The van der Waals surface area contributed by atoms with Gasteiger partial charge in [0.05, 0.1) is 11.1 Å². The zero-order valence-electron chi connectivity index (χ0n) is 12.9. The predicted octanol–water partition coefficient (Wildman–Crippen LogP) is 3.08. The lowest BCUT2D eigenvalue weighted by Gasteiger charge is -2.34. The number of ether oxygens (including phenoxy) is 1. The third kappa shape index (κ3) is 4.59. The molecule has 1 aromatic rings. The minimum atomic E-state index is 0.188. The van der Waals surface area contributed by atoms with Crippen LogP contribution in [0.4, 0.5) is 0 Å². The van der Waals surface area contributed by atoms with E-state index in [1.54, 1.807) is 0 Å². The average Bonchev–Trinajstić information content (AvgIpc) is 2.47. The van der Waals surface area contributed by atoms with Gasteiger partial charge < -0.3 is 14.7 Å². The van der Waals surface area contributed by atoms with Crippen LogP contribution >= 0.6 is 15.9 Å². The Hall–Kier alpha value is -0.780. The van der Waals surface area contributed by atoms with Gasteiger partial charge in [0.1, 0.15) is 0 Å². The lowest BCUT2D eigenvalue weighted by Crippen LogP contribution is -2.45. The molecule has 1 heterocycles. The van der Waals surface area contributed by atoms with Gasteiger partial charge in [-0.3, -0.25) is 4.90 Å². The summed E-state index contributed by atoms with van der Waals surface area (Å²) in [6.07, 6.45) is 1.22. The number of hydrogen-bond acceptors (Lipinski definition) is 4. The molecule has 0 spiro atoms. The Kier molecular flexibility index (Phi) is 6.33. The van der Waals surface area contributed by atoms with E-state index in [1.165, 1.54) is 18.5 Å². The molecule has 0 atom stereocenters. The molecular formula is C16H25BrN2O2. The highest BCUT2D eigenvalue weighted by molar-refractivity contribution is 9.10. The lowest BCUT2D eigenvalue weighted by molar-refractivity contribution is 0.127. The van der Waals surface area contributed by atoms with Crippen LogP contribution in [0.1, 0.15) is 25.8 Å². The summed E-state index contributed by atoms with van der Waals surface area (Å²) in [6, 6.07) is 3.93. The number of piperazine rings is 1. The van der Waals surface area contributed by atoms with Crippen LogP contribution in [-0.4, -0.2) is 54.2 Å². The fraction of sp³-hybridized carbons (Fsp3) is 0.625. The number of halogens is 1. The first kappa shape index (κ1) is 16.6. The van der Waals surface area contributed by atoms with Crippen molar-refractivity contribution >= 4 is 15.9 Å². The van der Waals surface area contributed by atoms with Crippen LogP contribution in [0.25, 0.3) is 0 Å². The van der Waals surface area contributed by atoms with Crippen molar-refractivity contribution < 1.29 is 9.84 Å². The summed E-state index contributed by atoms with van der Waals surface area (Å²) in [5.74, 6) is 0.750. The summed E-state index contributed by atoms with van der Waals surface area (Å²) in [7, 11) is 0. The highest BCUT2D eigenvalue weighted by atomic mass is 79.9. The fourth-order valence-electron chi connectivity index (χ4n) is 2.73. The van der Waals surface area contributed by atoms with Gasteiger partial charge in [-0.25, -0.2) is 0 Å². The van der Waals surface area contributed by atoms with E-state index in [4.69, 9.17) is 4.74 Å². The number of phenols is 1. The molecule has 0 amide bonds. The molecule has 2 rings (SSSR count). The third-order valence-electron chi connectivity index (χ3n) is 3.80. The zero-order chi connectivity index (χ0) is 15.2. The molecule has 0 bridgehead atoms. The van der Waals surface area contributed by atoms with Gasteiger partial charge in [0.2, 0.25) is 0 Å². The van der Waals surface area contributed by atoms with E-state index in [1.807, 2.05) is 19.1 Å². The molecule has 4 nitrogen and oxygen atoms in total. The molecule has 1 fully saturated rings. The van der Waals surface area contributed by atoms with Crippen molar-refractivity contribution in [2.45, 2.75) is 26.8 Å². The molecule has 0 unspecified atom stereocenters. The van der Waals surface area contributed by atoms with Crippen molar-refractivity contribution in [3.8, 4) is 11.5 Å². The van der Waals surface area contributed by atoms with Crippen LogP contribution in [0, 0.1) is 0 Å². The van der Waals surface area contributed by atoms with Crippen molar-refractivity contribution in [3.05, 3.63) is 22.2 Å². The number of phenolic OH excluding ortho intramolecular Hbond substituents is 1. The number of hydrogen-bond donors (Lipinski definition) is 1. The summed E-state index contributed by atoms with van der Waals surface area (Å²) < 4.78 is 6.19. The van der Waals surface area contributed by atoms with Crippen molar-refractivity contribution in [1.29, 1.82) is 0 Å². The average molecular weight is 357 g/mol. The Bertz CT molecular complexity index is 460. The summed E-state index contributed by atoms with van der Waals surface area (Å²) in [5.41, 5.74) is 1.17. The number of benzene rings is 1. The van der Waals surface area contributed by atoms with Gasteiger partial charge in [0, 0.05) is 32.7 Å². The summed E-state index contributed by atoms with van der Waals surface area (Å²) in [5, 5.41) is 9.96.